The minimum Gasteiger partial charge on any atom is -0.497 e. The first kappa shape index (κ1) is 18.7. The number of hydrogen-bond acceptors (Lipinski definition) is 4. The number of hydrogen-bond donors (Lipinski definition) is 2. The van der Waals surface area contributed by atoms with Crippen molar-refractivity contribution in [1.29, 1.82) is 0 Å². The van der Waals surface area contributed by atoms with E-state index in [0.29, 0.717) is 16.4 Å². The maximum Gasteiger partial charge on any atom is 0.274 e. The van der Waals surface area contributed by atoms with E-state index in [1.165, 1.54) is 5.56 Å². The highest BCUT2D eigenvalue weighted by molar-refractivity contribution is 6.30. The van der Waals surface area contributed by atoms with E-state index in [9.17, 15) is 4.79 Å². The molecule has 0 unspecified atom stereocenters. The Bertz CT molecular complexity index is 896. The fourth-order valence-electron chi connectivity index (χ4n) is 2.54. The number of ether oxygens (including phenoxy) is 1. The molecule has 2 N–H and O–H groups in total. The minimum atomic E-state index is -0.267. The van der Waals surface area contributed by atoms with Gasteiger partial charge in [0.2, 0.25) is 0 Å². The lowest BCUT2D eigenvalue weighted by Gasteiger charge is -2.09. The van der Waals surface area contributed by atoms with Crippen LogP contribution in [0.2, 0.25) is 5.02 Å². The molecule has 0 bridgehead atoms. The van der Waals surface area contributed by atoms with Crippen LogP contribution in [0.1, 0.15) is 16.1 Å². The van der Waals surface area contributed by atoms with Crippen molar-refractivity contribution in [1.82, 2.24) is 4.98 Å². The van der Waals surface area contributed by atoms with Gasteiger partial charge in [-0.25, -0.2) is 0 Å². The predicted octanol–water partition coefficient (Wildman–Crippen LogP) is 4.65. The van der Waals surface area contributed by atoms with Crippen molar-refractivity contribution in [3.63, 3.8) is 0 Å². The molecular formula is C21H20ClN3O2. The summed E-state index contributed by atoms with van der Waals surface area (Å²) in [6, 6.07) is 18.5. The van der Waals surface area contributed by atoms with Crippen LogP contribution in [0.4, 0.5) is 11.4 Å². The molecule has 0 atom stereocenters. The number of methoxy groups -OCH3 is 1. The summed E-state index contributed by atoms with van der Waals surface area (Å²) in [6.45, 7) is 0.745. The normalized spacial score (nSPS) is 10.3. The van der Waals surface area contributed by atoms with Gasteiger partial charge in [0.15, 0.2) is 0 Å². The molecule has 138 valence electrons. The van der Waals surface area contributed by atoms with E-state index >= 15 is 0 Å². The number of aromatic nitrogens is 1. The molecule has 6 heteroatoms. The SMILES string of the molecule is COc1ccc(CCNc2ccnc(C(=O)Nc3ccc(Cl)cc3)c2)cc1. The summed E-state index contributed by atoms with van der Waals surface area (Å²) < 4.78 is 5.16. The molecule has 0 aliphatic rings. The van der Waals surface area contributed by atoms with Gasteiger partial charge in [-0.05, 0) is 60.5 Å². The molecule has 5 nitrogen and oxygen atoms in total. The van der Waals surface area contributed by atoms with Gasteiger partial charge >= 0.3 is 0 Å². The Morgan fingerprint density at radius 2 is 1.78 bits per heavy atom. The van der Waals surface area contributed by atoms with E-state index in [-0.39, 0.29) is 5.91 Å². The Morgan fingerprint density at radius 1 is 1.04 bits per heavy atom. The van der Waals surface area contributed by atoms with Gasteiger partial charge in [-0.3, -0.25) is 9.78 Å². The zero-order valence-corrected chi connectivity index (χ0v) is 15.7. The maximum absolute atomic E-state index is 12.4. The second-order valence-corrected chi connectivity index (χ2v) is 6.35. The molecule has 0 aliphatic carbocycles. The van der Waals surface area contributed by atoms with Crippen LogP contribution in [0, 0.1) is 0 Å². The van der Waals surface area contributed by atoms with Crippen LogP contribution in [-0.4, -0.2) is 24.5 Å². The number of nitrogens with zero attached hydrogens (tertiary/aromatic N) is 1. The zero-order valence-electron chi connectivity index (χ0n) is 14.9. The lowest BCUT2D eigenvalue weighted by molar-refractivity contribution is 0.102. The number of carbonyl (C=O) groups is 1. The lowest BCUT2D eigenvalue weighted by atomic mass is 10.1. The van der Waals surface area contributed by atoms with Crippen molar-refractivity contribution < 1.29 is 9.53 Å². The maximum atomic E-state index is 12.4. The van der Waals surface area contributed by atoms with Crippen molar-refractivity contribution in [2.75, 3.05) is 24.3 Å². The first-order valence-electron chi connectivity index (χ1n) is 8.54. The molecule has 3 aromatic rings. The topological polar surface area (TPSA) is 63.2 Å². The standard InChI is InChI=1S/C21H20ClN3O2/c1-27-19-8-2-15(3-9-19)10-12-23-18-11-13-24-20(14-18)21(26)25-17-6-4-16(22)5-7-17/h2-9,11,13-14H,10,12H2,1H3,(H,23,24)(H,25,26). The molecule has 0 fully saturated rings. The molecule has 0 spiro atoms. The monoisotopic (exact) mass is 381 g/mol. The fourth-order valence-corrected chi connectivity index (χ4v) is 2.66. The highest BCUT2D eigenvalue weighted by Crippen LogP contribution is 2.16. The molecule has 0 saturated heterocycles. The van der Waals surface area contributed by atoms with Crippen LogP contribution in [0.15, 0.2) is 66.9 Å². The van der Waals surface area contributed by atoms with Gasteiger partial charge in [0.1, 0.15) is 11.4 Å². The van der Waals surface area contributed by atoms with Gasteiger partial charge in [-0.15, -0.1) is 0 Å². The summed E-state index contributed by atoms with van der Waals surface area (Å²) in [5, 5.41) is 6.74. The number of carbonyl (C=O) groups excluding carboxylic acids is 1. The van der Waals surface area contributed by atoms with Crippen LogP contribution in [0.25, 0.3) is 0 Å². The summed E-state index contributed by atoms with van der Waals surface area (Å²) in [6.07, 6.45) is 2.48. The van der Waals surface area contributed by atoms with Gasteiger partial charge in [0.25, 0.3) is 5.91 Å². The van der Waals surface area contributed by atoms with Crippen molar-refractivity contribution in [2.45, 2.75) is 6.42 Å². The Balaban J connectivity index is 1.56. The quantitative estimate of drug-likeness (QED) is 0.625. The first-order valence-corrected chi connectivity index (χ1v) is 8.91. The van der Waals surface area contributed by atoms with E-state index in [4.69, 9.17) is 16.3 Å². The number of rotatable bonds is 7. The number of anilines is 2. The predicted molar refractivity (Wildman–Crippen MR) is 109 cm³/mol. The Labute approximate surface area is 163 Å². The van der Waals surface area contributed by atoms with Crippen LogP contribution in [0.5, 0.6) is 5.75 Å². The smallest absolute Gasteiger partial charge is 0.274 e. The number of amides is 1. The molecule has 2 aromatic carbocycles. The third kappa shape index (κ3) is 5.46. The van der Waals surface area contributed by atoms with Gasteiger partial charge < -0.3 is 15.4 Å². The Morgan fingerprint density at radius 3 is 2.48 bits per heavy atom. The minimum absolute atomic E-state index is 0.267. The number of benzene rings is 2. The van der Waals surface area contributed by atoms with Crippen LogP contribution in [-0.2, 0) is 6.42 Å². The summed E-state index contributed by atoms with van der Waals surface area (Å²) >= 11 is 5.85. The molecular weight excluding hydrogens is 362 g/mol. The molecule has 0 saturated carbocycles. The second kappa shape index (κ2) is 9.05. The summed E-state index contributed by atoms with van der Waals surface area (Å²) in [7, 11) is 1.65. The van der Waals surface area contributed by atoms with E-state index in [1.54, 1.807) is 43.6 Å². The molecule has 0 radical (unpaired) electrons. The van der Waals surface area contributed by atoms with Crippen molar-refractivity contribution in [3.05, 3.63) is 83.1 Å². The summed E-state index contributed by atoms with van der Waals surface area (Å²) in [5.74, 6) is 0.577. The average molecular weight is 382 g/mol. The molecule has 0 aliphatic heterocycles. The Hall–Kier alpha value is -3.05. The van der Waals surface area contributed by atoms with Crippen molar-refractivity contribution in [3.8, 4) is 5.75 Å². The molecule has 1 amide bonds. The zero-order chi connectivity index (χ0) is 19.1. The molecule has 1 aromatic heterocycles. The number of pyridine rings is 1. The lowest BCUT2D eigenvalue weighted by Crippen LogP contribution is -2.14. The highest BCUT2D eigenvalue weighted by atomic mass is 35.5. The number of nitrogens with one attached hydrogen (secondary N) is 2. The van der Waals surface area contributed by atoms with Gasteiger partial charge in [-0.2, -0.15) is 0 Å². The average Bonchev–Trinajstić information content (AvgIpc) is 2.70. The molecule has 3 rings (SSSR count). The second-order valence-electron chi connectivity index (χ2n) is 5.92. The highest BCUT2D eigenvalue weighted by Gasteiger charge is 2.08. The largest absolute Gasteiger partial charge is 0.497 e. The van der Waals surface area contributed by atoms with Crippen molar-refractivity contribution >= 4 is 28.9 Å². The van der Waals surface area contributed by atoms with E-state index in [1.807, 2.05) is 30.3 Å². The molecule has 27 heavy (non-hydrogen) atoms. The van der Waals surface area contributed by atoms with Crippen LogP contribution in [0.3, 0.4) is 0 Å². The third-order valence-corrected chi connectivity index (χ3v) is 4.25. The third-order valence-electron chi connectivity index (χ3n) is 4.00. The van der Waals surface area contributed by atoms with E-state index in [0.717, 1.165) is 24.4 Å². The van der Waals surface area contributed by atoms with E-state index < -0.39 is 0 Å². The van der Waals surface area contributed by atoms with Crippen LogP contribution < -0.4 is 15.4 Å². The molecule has 1 heterocycles. The fraction of sp³-hybridized carbons (Fsp3) is 0.143. The van der Waals surface area contributed by atoms with Gasteiger partial charge in [-0.1, -0.05) is 23.7 Å². The Kier molecular flexibility index (Phi) is 6.28. The van der Waals surface area contributed by atoms with Gasteiger partial charge in [0, 0.05) is 29.1 Å². The summed E-state index contributed by atoms with van der Waals surface area (Å²) in [4.78, 5) is 16.5. The van der Waals surface area contributed by atoms with E-state index in [2.05, 4.69) is 15.6 Å². The van der Waals surface area contributed by atoms with Crippen LogP contribution >= 0.6 is 11.6 Å². The first-order chi connectivity index (χ1) is 13.1. The summed E-state index contributed by atoms with van der Waals surface area (Å²) in [5.41, 5.74) is 3.07. The van der Waals surface area contributed by atoms with Gasteiger partial charge in [0.05, 0.1) is 7.11 Å². The number of halogens is 1. The van der Waals surface area contributed by atoms with Crippen molar-refractivity contribution in [2.24, 2.45) is 0 Å².